The van der Waals surface area contributed by atoms with E-state index in [1.807, 2.05) is 0 Å². The molecule has 62 valence electrons. The van der Waals surface area contributed by atoms with Crippen molar-refractivity contribution in [2.75, 3.05) is 0 Å². The fourth-order valence-electron chi connectivity index (χ4n) is 1.02. The number of hydrogen-bond acceptors (Lipinski definition) is 2. The van der Waals surface area contributed by atoms with Gasteiger partial charge in [-0.2, -0.15) is 15.0 Å². The van der Waals surface area contributed by atoms with Gasteiger partial charge in [0.25, 0.3) is 0 Å². The lowest BCUT2D eigenvalue weighted by Gasteiger charge is -1.90. The topological polar surface area (TPSA) is 30.7 Å². The predicted molar refractivity (Wildman–Crippen MR) is 46.2 cm³/mol. The van der Waals surface area contributed by atoms with Crippen LogP contribution in [0.3, 0.4) is 0 Å². The van der Waals surface area contributed by atoms with Crippen LogP contribution >= 0.6 is 15.9 Å². The van der Waals surface area contributed by atoms with Crippen molar-refractivity contribution in [3.63, 3.8) is 0 Å². The van der Waals surface area contributed by atoms with Crippen LogP contribution in [0.25, 0.3) is 11.0 Å². The normalized spacial score (nSPS) is 10.9. The van der Waals surface area contributed by atoms with Gasteiger partial charge in [0.2, 0.25) is 0 Å². The molecule has 0 radical (unpaired) electrons. The third-order valence-corrected chi connectivity index (χ3v) is 2.13. The van der Waals surface area contributed by atoms with Crippen molar-refractivity contribution in [3.8, 4) is 0 Å². The van der Waals surface area contributed by atoms with Crippen molar-refractivity contribution in [1.29, 1.82) is 0 Å². The van der Waals surface area contributed by atoms with Gasteiger partial charge in [-0.1, -0.05) is 0 Å². The minimum absolute atomic E-state index is 0.317. The molecule has 0 N–H and O–H groups in total. The predicted octanol–water partition coefficient (Wildman–Crippen LogP) is 1.87. The molecule has 0 aliphatic carbocycles. The maximum atomic E-state index is 12.9. The van der Waals surface area contributed by atoms with Crippen LogP contribution in [-0.4, -0.2) is 15.0 Å². The summed E-state index contributed by atoms with van der Waals surface area (Å²) < 4.78 is 13.3. The quantitative estimate of drug-likeness (QED) is 0.691. The van der Waals surface area contributed by atoms with Gasteiger partial charge in [-0.25, -0.2) is 4.39 Å². The number of aromatic nitrogens is 3. The van der Waals surface area contributed by atoms with Crippen molar-refractivity contribution >= 4 is 27.0 Å². The van der Waals surface area contributed by atoms with E-state index in [1.165, 1.54) is 10.9 Å². The highest BCUT2D eigenvalue weighted by atomic mass is 79.9. The summed E-state index contributed by atoms with van der Waals surface area (Å²) in [6.07, 6.45) is 0. The second kappa shape index (κ2) is 2.52. The van der Waals surface area contributed by atoms with Crippen LogP contribution < -0.4 is 0 Å². The SMILES string of the molecule is Cn1nc2cc(F)c(Br)cc2n1. The molecule has 0 unspecified atom stereocenters. The van der Waals surface area contributed by atoms with E-state index in [0.29, 0.717) is 15.5 Å². The van der Waals surface area contributed by atoms with Crippen LogP contribution in [0.5, 0.6) is 0 Å². The smallest absolute Gasteiger partial charge is 0.139 e. The molecule has 0 atom stereocenters. The van der Waals surface area contributed by atoms with Crippen LogP contribution in [0.4, 0.5) is 4.39 Å². The third-order valence-electron chi connectivity index (χ3n) is 1.52. The van der Waals surface area contributed by atoms with Gasteiger partial charge in [0.05, 0.1) is 4.47 Å². The summed E-state index contributed by atoms with van der Waals surface area (Å²) in [5, 5.41) is 7.98. The molecule has 0 aliphatic rings. The monoisotopic (exact) mass is 229 g/mol. The Morgan fingerprint density at radius 2 is 1.92 bits per heavy atom. The molecule has 12 heavy (non-hydrogen) atoms. The lowest BCUT2D eigenvalue weighted by Crippen LogP contribution is -1.90. The Kier molecular flexibility index (Phi) is 1.61. The largest absolute Gasteiger partial charge is 0.206 e. The summed E-state index contributed by atoms with van der Waals surface area (Å²) in [5.74, 6) is -0.317. The zero-order valence-corrected chi connectivity index (χ0v) is 7.84. The van der Waals surface area contributed by atoms with Gasteiger partial charge in [-0.05, 0) is 22.0 Å². The van der Waals surface area contributed by atoms with Crippen molar-refractivity contribution in [2.24, 2.45) is 7.05 Å². The highest BCUT2D eigenvalue weighted by Crippen LogP contribution is 2.20. The standard InChI is InChI=1S/C7H5BrFN3/c1-12-10-6-2-4(8)5(9)3-7(6)11-12/h2-3H,1H3. The van der Waals surface area contributed by atoms with Crippen LogP contribution in [0.2, 0.25) is 0 Å². The second-order valence-corrected chi connectivity index (χ2v) is 3.30. The summed E-state index contributed by atoms with van der Waals surface area (Å²) in [4.78, 5) is 1.41. The van der Waals surface area contributed by atoms with Gasteiger partial charge in [-0.3, -0.25) is 0 Å². The van der Waals surface area contributed by atoms with Crippen molar-refractivity contribution in [3.05, 3.63) is 22.4 Å². The molecule has 1 aromatic carbocycles. The number of aryl methyl sites for hydroxylation is 1. The number of halogens is 2. The number of nitrogens with zero attached hydrogens (tertiary/aromatic N) is 3. The number of hydrogen-bond donors (Lipinski definition) is 0. The molecule has 0 spiro atoms. The fraction of sp³-hybridized carbons (Fsp3) is 0.143. The summed E-state index contributed by atoms with van der Waals surface area (Å²) in [6, 6.07) is 2.96. The van der Waals surface area contributed by atoms with Crippen molar-refractivity contribution in [2.45, 2.75) is 0 Å². The molecular formula is C7H5BrFN3. The second-order valence-electron chi connectivity index (χ2n) is 2.44. The molecule has 0 saturated heterocycles. The van der Waals surface area contributed by atoms with E-state index in [9.17, 15) is 4.39 Å². The summed E-state index contributed by atoms with van der Waals surface area (Å²) in [7, 11) is 1.70. The molecule has 0 saturated carbocycles. The Labute approximate surface area is 76.3 Å². The Hall–Kier alpha value is -0.970. The average molecular weight is 230 g/mol. The van der Waals surface area contributed by atoms with Gasteiger partial charge in [0.1, 0.15) is 16.9 Å². The van der Waals surface area contributed by atoms with Gasteiger partial charge >= 0.3 is 0 Å². The van der Waals surface area contributed by atoms with E-state index in [-0.39, 0.29) is 5.82 Å². The number of benzene rings is 1. The molecule has 2 rings (SSSR count). The molecule has 1 heterocycles. The van der Waals surface area contributed by atoms with Gasteiger partial charge in [0.15, 0.2) is 0 Å². The van der Waals surface area contributed by atoms with E-state index in [0.717, 1.165) is 0 Å². The summed E-state index contributed by atoms with van der Waals surface area (Å²) in [5.41, 5.74) is 1.25. The van der Waals surface area contributed by atoms with Crippen LogP contribution in [0.1, 0.15) is 0 Å². The first kappa shape index (κ1) is 7.67. The molecule has 5 heteroatoms. The molecular weight excluding hydrogens is 225 g/mol. The molecule has 2 aromatic rings. The van der Waals surface area contributed by atoms with Gasteiger partial charge in [0, 0.05) is 13.1 Å². The minimum Gasteiger partial charge on any atom is -0.206 e. The molecule has 1 aromatic heterocycles. The van der Waals surface area contributed by atoms with Crippen molar-refractivity contribution in [1.82, 2.24) is 15.0 Å². The highest BCUT2D eigenvalue weighted by molar-refractivity contribution is 9.10. The maximum Gasteiger partial charge on any atom is 0.139 e. The molecule has 0 bridgehead atoms. The zero-order valence-electron chi connectivity index (χ0n) is 6.25. The first-order chi connectivity index (χ1) is 5.66. The van der Waals surface area contributed by atoms with Gasteiger partial charge < -0.3 is 0 Å². The molecule has 0 amide bonds. The van der Waals surface area contributed by atoms with E-state index in [1.54, 1.807) is 13.1 Å². The lowest BCUT2D eigenvalue weighted by atomic mass is 10.3. The van der Waals surface area contributed by atoms with Crippen LogP contribution in [0.15, 0.2) is 16.6 Å². The molecule has 0 fully saturated rings. The number of rotatable bonds is 0. The van der Waals surface area contributed by atoms with Crippen LogP contribution in [0, 0.1) is 5.82 Å². The summed E-state index contributed by atoms with van der Waals surface area (Å²) in [6.45, 7) is 0. The highest BCUT2D eigenvalue weighted by Gasteiger charge is 2.05. The van der Waals surface area contributed by atoms with Gasteiger partial charge in [-0.15, -0.1) is 0 Å². The molecule has 3 nitrogen and oxygen atoms in total. The molecule has 0 aliphatic heterocycles. The zero-order chi connectivity index (χ0) is 8.72. The maximum absolute atomic E-state index is 12.9. The minimum atomic E-state index is -0.317. The first-order valence-electron chi connectivity index (χ1n) is 3.33. The Morgan fingerprint density at radius 3 is 2.58 bits per heavy atom. The Balaban J connectivity index is 2.83. The Morgan fingerprint density at radius 1 is 1.33 bits per heavy atom. The van der Waals surface area contributed by atoms with Crippen LogP contribution in [-0.2, 0) is 7.05 Å². The first-order valence-corrected chi connectivity index (χ1v) is 4.12. The average Bonchev–Trinajstić information content (AvgIpc) is 2.30. The van der Waals surface area contributed by atoms with E-state index < -0.39 is 0 Å². The lowest BCUT2D eigenvalue weighted by molar-refractivity contribution is 0.622. The fourth-order valence-corrected chi connectivity index (χ4v) is 1.35. The summed E-state index contributed by atoms with van der Waals surface area (Å²) >= 11 is 3.07. The Bertz CT molecular complexity index is 398. The third kappa shape index (κ3) is 1.10. The van der Waals surface area contributed by atoms with Crippen molar-refractivity contribution < 1.29 is 4.39 Å². The number of fused-ring (bicyclic) bond motifs is 1. The van der Waals surface area contributed by atoms with E-state index in [4.69, 9.17) is 0 Å². The van der Waals surface area contributed by atoms with E-state index in [2.05, 4.69) is 26.1 Å². The van der Waals surface area contributed by atoms with E-state index >= 15 is 0 Å².